The van der Waals surface area contributed by atoms with Crippen LogP contribution in [0.3, 0.4) is 0 Å². The summed E-state index contributed by atoms with van der Waals surface area (Å²) < 4.78 is 33.3. The van der Waals surface area contributed by atoms with Gasteiger partial charge in [0.2, 0.25) is 0 Å². The van der Waals surface area contributed by atoms with E-state index in [0.717, 1.165) is 33.8 Å². The first kappa shape index (κ1) is 46.5. The van der Waals surface area contributed by atoms with E-state index in [-0.39, 0.29) is 52.9 Å². The van der Waals surface area contributed by atoms with Crippen molar-refractivity contribution in [3.63, 3.8) is 0 Å². The molecule has 0 spiro atoms. The molecule has 4 N–H and O–H groups in total. The molecule has 0 bridgehead atoms. The van der Waals surface area contributed by atoms with E-state index in [9.17, 15) is 15.5 Å². The van der Waals surface area contributed by atoms with Gasteiger partial charge in [-0.25, -0.2) is 0 Å². The number of ether oxygens (including phenoxy) is 6. The molecule has 0 unspecified atom stereocenters. The second-order valence-electron chi connectivity index (χ2n) is 12.9. The highest BCUT2D eigenvalue weighted by Gasteiger charge is 2.37. The van der Waals surface area contributed by atoms with E-state index in [4.69, 9.17) is 38.6 Å². The Morgan fingerprint density at radius 1 is 0.429 bits per heavy atom. The molecule has 3 rings (SSSR count). The van der Waals surface area contributed by atoms with E-state index in [0.29, 0.717) is 79.0 Å². The van der Waals surface area contributed by atoms with Crippen molar-refractivity contribution in [2.75, 3.05) is 161 Å². The average Bonchev–Trinajstić information content (AvgIpc) is 3.23. The SMILES string of the molecule is CN(C)c1ccc(C(C#N)(c2ccc(N(CCOCCO)CCOCCOCCO)cc2)c2ccc(N(CCOCCO)CCOCCOCCO)cc2)cc1. The average molecular weight is 783 g/mol. The summed E-state index contributed by atoms with van der Waals surface area (Å²) >= 11 is 0. The van der Waals surface area contributed by atoms with Gasteiger partial charge in [-0.3, -0.25) is 0 Å². The van der Waals surface area contributed by atoms with Crippen LogP contribution < -0.4 is 14.7 Å². The van der Waals surface area contributed by atoms with Crippen LogP contribution in [0.4, 0.5) is 17.1 Å². The maximum atomic E-state index is 11.2. The molecule has 0 saturated heterocycles. The number of hydrogen-bond acceptors (Lipinski definition) is 14. The zero-order valence-electron chi connectivity index (χ0n) is 33.1. The largest absolute Gasteiger partial charge is 0.394 e. The highest BCUT2D eigenvalue weighted by molar-refractivity contribution is 5.62. The van der Waals surface area contributed by atoms with Gasteiger partial charge in [0.05, 0.1) is 112 Å². The van der Waals surface area contributed by atoms with Crippen molar-refractivity contribution in [1.82, 2.24) is 0 Å². The fourth-order valence-electron chi connectivity index (χ4n) is 6.09. The van der Waals surface area contributed by atoms with E-state index in [2.05, 4.69) is 15.9 Å². The van der Waals surface area contributed by atoms with Crippen molar-refractivity contribution in [2.24, 2.45) is 0 Å². The number of aliphatic hydroxyl groups excluding tert-OH is 4. The van der Waals surface area contributed by atoms with Crippen molar-refractivity contribution in [2.45, 2.75) is 5.41 Å². The van der Waals surface area contributed by atoms with Crippen LogP contribution in [-0.4, -0.2) is 166 Å². The number of aliphatic hydroxyl groups is 4. The predicted octanol–water partition coefficient (Wildman–Crippen LogP) is 2.29. The molecule has 0 aliphatic rings. The predicted molar refractivity (Wildman–Crippen MR) is 217 cm³/mol. The lowest BCUT2D eigenvalue weighted by atomic mass is 9.70. The molecule has 3 aromatic rings. The Balaban J connectivity index is 1.93. The van der Waals surface area contributed by atoms with Gasteiger partial charge in [-0.2, -0.15) is 5.26 Å². The molecule has 56 heavy (non-hydrogen) atoms. The number of rotatable bonds is 32. The van der Waals surface area contributed by atoms with Gasteiger partial charge in [-0.15, -0.1) is 0 Å². The van der Waals surface area contributed by atoms with Crippen LogP contribution in [0.25, 0.3) is 0 Å². The summed E-state index contributed by atoms with van der Waals surface area (Å²) in [6.45, 7) is 6.59. The van der Waals surface area contributed by atoms with Gasteiger partial charge in [0.15, 0.2) is 0 Å². The molecular formula is C42H62N4O10. The third-order valence-electron chi connectivity index (χ3n) is 9.02. The summed E-state index contributed by atoms with van der Waals surface area (Å²) in [6, 6.07) is 26.9. The highest BCUT2D eigenvalue weighted by Crippen LogP contribution is 2.40. The van der Waals surface area contributed by atoms with Crippen LogP contribution in [-0.2, 0) is 33.8 Å². The molecule has 0 saturated carbocycles. The third kappa shape index (κ3) is 15.2. The van der Waals surface area contributed by atoms with Gasteiger partial charge < -0.3 is 63.5 Å². The Morgan fingerprint density at radius 3 is 0.964 bits per heavy atom. The maximum Gasteiger partial charge on any atom is 0.132 e. The first-order valence-corrected chi connectivity index (χ1v) is 19.2. The van der Waals surface area contributed by atoms with E-state index in [1.165, 1.54) is 0 Å². The number of anilines is 3. The Bertz CT molecular complexity index is 1400. The van der Waals surface area contributed by atoms with Crippen LogP contribution in [0, 0.1) is 11.3 Å². The van der Waals surface area contributed by atoms with Crippen molar-refractivity contribution in [3.05, 3.63) is 89.5 Å². The normalized spacial score (nSPS) is 11.4. The van der Waals surface area contributed by atoms with Gasteiger partial charge in [-0.05, 0) is 53.1 Å². The minimum absolute atomic E-state index is 0.0284. The standard InChI is InChI=1S/C42H62N4O10/c1-44(2)39-9-3-36(4-10-39)42(35-43,37-5-11-40(12-6-37)45(15-23-51-27-19-47)17-25-53-31-33-55-29-21-49)38-7-13-41(14-8-38)46(16-24-52-28-20-48)18-26-54-32-34-56-30-22-50/h3-14,47-50H,15-34H2,1-2H3. The molecule has 0 fully saturated rings. The molecule has 0 atom stereocenters. The van der Waals surface area contributed by atoms with Crippen LogP contribution in [0.5, 0.6) is 0 Å². The Hall–Kier alpha value is -3.85. The fraction of sp³-hybridized carbons (Fsp3) is 0.548. The summed E-state index contributed by atoms with van der Waals surface area (Å²) in [5, 5.41) is 47.4. The Morgan fingerprint density at radius 2 is 0.696 bits per heavy atom. The summed E-state index contributed by atoms with van der Waals surface area (Å²) in [5.41, 5.74) is 4.22. The van der Waals surface area contributed by atoms with E-state index in [1.54, 1.807) is 0 Å². The fourth-order valence-corrected chi connectivity index (χ4v) is 6.09. The topological polar surface area (TPSA) is 170 Å². The second-order valence-corrected chi connectivity index (χ2v) is 12.9. The van der Waals surface area contributed by atoms with E-state index < -0.39 is 5.41 Å². The van der Waals surface area contributed by atoms with Crippen LogP contribution in [0.2, 0.25) is 0 Å². The zero-order valence-corrected chi connectivity index (χ0v) is 33.1. The lowest BCUT2D eigenvalue weighted by molar-refractivity contribution is 0.0347. The zero-order chi connectivity index (χ0) is 40.3. The van der Waals surface area contributed by atoms with E-state index >= 15 is 0 Å². The van der Waals surface area contributed by atoms with Gasteiger partial charge >= 0.3 is 0 Å². The van der Waals surface area contributed by atoms with Gasteiger partial charge in [-0.1, -0.05) is 36.4 Å². The van der Waals surface area contributed by atoms with Gasteiger partial charge in [0.1, 0.15) is 5.41 Å². The molecule has 3 aromatic carbocycles. The maximum absolute atomic E-state index is 11.2. The molecule has 14 heteroatoms. The number of nitriles is 1. The molecule has 0 aliphatic carbocycles. The molecule has 0 aromatic heterocycles. The minimum atomic E-state index is -1.14. The highest BCUT2D eigenvalue weighted by atomic mass is 16.5. The summed E-state index contributed by atoms with van der Waals surface area (Å²) in [6.07, 6.45) is 0. The van der Waals surface area contributed by atoms with Crippen LogP contribution >= 0.6 is 0 Å². The summed E-state index contributed by atoms with van der Waals surface area (Å²) in [5.74, 6) is 0. The van der Waals surface area contributed by atoms with Crippen molar-refractivity contribution in [1.29, 1.82) is 5.26 Å². The first-order valence-electron chi connectivity index (χ1n) is 19.2. The Kier molecular flexibility index (Phi) is 23.0. The minimum Gasteiger partial charge on any atom is -0.394 e. The quantitative estimate of drug-likeness (QED) is 0.0538. The molecular weight excluding hydrogens is 720 g/mol. The smallest absolute Gasteiger partial charge is 0.132 e. The monoisotopic (exact) mass is 782 g/mol. The first-order chi connectivity index (χ1) is 27.4. The summed E-state index contributed by atoms with van der Waals surface area (Å²) in [4.78, 5) is 6.32. The number of hydrogen-bond donors (Lipinski definition) is 4. The second kappa shape index (κ2) is 27.7. The summed E-state index contributed by atoms with van der Waals surface area (Å²) in [7, 11) is 3.97. The number of benzene rings is 3. The van der Waals surface area contributed by atoms with Crippen LogP contribution in [0.15, 0.2) is 72.8 Å². The lowest BCUT2D eigenvalue weighted by Gasteiger charge is -2.31. The molecule has 0 radical (unpaired) electrons. The Labute approximate surface area is 332 Å². The molecule has 14 nitrogen and oxygen atoms in total. The van der Waals surface area contributed by atoms with Crippen LogP contribution in [0.1, 0.15) is 16.7 Å². The molecule has 0 heterocycles. The van der Waals surface area contributed by atoms with Crippen molar-refractivity contribution < 1.29 is 48.8 Å². The lowest BCUT2D eigenvalue weighted by Crippen LogP contribution is -2.32. The van der Waals surface area contributed by atoms with Crippen molar-refractivity contribution >= 4 is 17.1 Å². The van der Waals surface area contributed by atoms with Gasteiger partial charge in [0.25, 0.3) is 0 Å². The van der Waals surface area contributed by atoms with E-state index in [1.807, 2.05) is 91.8 Å². The number of nitrogens with zero attached hydrogens (tertiary/aromatic N) is 4. The third-order valence-corrected chi connectivity index (χ3v) is 9.02. The van der Waals surface area contributed by atoms with Gasteiger partial charge in [0, 0.05) is 57.3 Å². The molecule has 0 amide bonds. The van der Waals surface area contributed by atoms with Crippen molar-refractivity contribution in [3.8, 4) is 6.07 Å². The molecule has 0 aliphatic heterocycles. The molecule has 310 valence electrons.